The molecule has 3 aromatic rings. The lowest BCUT2D eigenvalue weighted by molar-refractivity contribution is 0.0696. The van der Waals surface area contributed by atoms with Crippen molar-refractivity contribution in [1.29, 1.82) is 0 Å². The predicted molar refractivity (Wildman–Crippen MR) is 94.9 cm³/mol. The van der Waals surface area contributed by atoms with Gasteiger partial charge < -0.3 is 9.52 Å². The minimum absolute atomic E-state index is 0.0729. The summed E-state index contributed by atoms with van der Waals surface area (Å²) in [5.74, 6) is -0.132. The van der Waals surface area contributed by atoms with Gasteiger partial charge in [-0.25, -0.2) is 18.2 Å². The van der Waals surface area contributed by atoms with Gasteiger partial charge >= 0.3 is 5.97 Å². The maximum absolute atomic E-state index is 12.7. The van der Waals surface area contributed by atoms with E-state index < -0.39 is 16.0 Å². The third-order valence-electron chi connectivity index (χ3n) is 4.31. The quantitative estimate of drug-likeness (QED) is 0.709. The average molecular weight is 372 g/mol. The zero-order valence-electron chi connectivity index (χ0n) is 13.9. The molecule has 8 heteroatoms. The molecule has 134 valence electrons. The normalized spacial score (nSPS) is 14.5. The third-order valence-corrected chi connectivity index (χ3v) is 5.83. The monoisotopic (exact) mass is 372 g/mol. The first-order valence-corrected chi connectivity index (χ1v) is 9.59. The molecular weight excluding hydrogens is 356 g/mol. The van der Waals surface area contributed by atoms with Gasteiger partial charge in [0.1, 0.15) is 5.52 Å². The van der Waals surface area contributed by atoms with Crippen LogP contribution in [0, 0.1) is 6.92 Å². The zero-order valence-corrected chi connectivity index (χ0v) is 14.7. The lowest BCUT2D eigenvalue weighted by Gasteiger charge is -2.11. The van der Waals surface area contributed by atoms with Gasteiger partial charge in [0.2, 0.25) is 0 Å². The molecule has 0 amide bonds. The Morgan fingerprint density at radius 1 is 1.23 bits per heavy atom. The van der Waals surface area contributed by atoms with Crippen LogP contribution in [-0.4, -0.2) is 24.5 Å². The van der Waals surface area contributed by atoms with Crippen LogP contribution in [0.25, 0.3) is 11.1 Å². The van der Waals surface area contributed by atoms with Crippen LogP contribution >= 0.6 is 0 Å². The van der Waals surface area contributed by atoms with Crippen LogP contribution in [0.1, 0.15) is 40.6 Å². The van der Waals surface area contributed by atoms with Gasteiger partial charge in [-0.05, 0) is 55.7 Å². The number of aromatic carboxylic acids is 1. The van der Waals surface area contributed by atoms with E-state index in [2.05, 4.69) is 9.71 Å². The number of hydrogen-bond acceptors (Lipinski definition) is 5. The van der Waals surface area contributed by atoms with E-state index in [0.29, 0.717) is 34.2 Å². The maximum atomic E-state index is 12.7. The second-order valence-corrected chi connectivity index (χ2v) is 8.05. The van der Waals surface area contributed by atoms with Crippen LogP contribution in [0.4, 0.5) is 5.69 Å². The predicted octanol–water partition coefficient (Wildman–Crippen LogP) is 3.51. The topological polar surface area (TPSA) is 110 Å². The summed E-state index contributed by atoms with van der Waals surface area (Å²) in [6.07, 6.45) is 2.12. The average Bonchev–Trinajstić information content (AvgIpc) is 3.34. The molecule has 7 nitrogen and oxygen atoms in total. The highest BCUT2D eigenvalue weighted by Crippen LogP contribution is 2.40. The highest BCUT2D eigenvalue weighted by atomic mass is 32.2. The molecular formula is C18H16N2O5S. The number of benzene rings is 2. The largest absolute Gasteiger partial charge is 0.478 e. The molecule has 4 rings (SSSR count). The second kappa shape index (κ2) is 5.84. The van der Waals surface area contributed by atoms with E-state index in [1.807, 2.05) is 0 Å². The van der Waals surface area contributed by atoms with Crippen molar-refractivity contribution in [3.63, 3.8) is 0 Å². The number of aryl methyl sites for hydroxylation is 1. The van der Waals surface area contributed by atoms with E-state index in [0.717, 1.165) is 18.9 Å². The molecule has 1 aromatic heterocycles. The van der Waals surface area contributed by atoms with Crippen molar-refractivity contribution in [2.45, 2.75) is 30.6 Å². The van der Waals surface area contributed by atoms with Crippen molar-refractivity contribution in [3.05, 3.63) is 53.4 Å². The number of carboxylic acid groups (broad SMARTS) is 1. The number of rotatable bonds is 5. The standard InChI is InChI=1S/C18H16N2O5S/c1-10-2-3-12(18(21)22)8-16(10)26(23,24)20-13-6-7-15-14(9-13)19-17(25-15)11-4-5-11/h2-3,6-9,11,20H,4-5H2,1H3,(H,21,22). The summed E-state index contributed by atoms with van der Waals surface area (Å²) < 4.78 is 33.6. The molecule has 0 atom stereocenters. The SMILES string of the molecule is Cc1ccc(C(=O)O)cc1S(=O)(=O)Nc1ccc2oc(C3CC3)nc2c1. The molecule has 2 N–H and O–H groups in total. The van der Waals surface area contributed by atoms with Crippen molar-refractivity contribution < 1.29 is 22.7 Å². The Balaban J connectivity index is 1.68. The first kappa shape index (κ1) is 16.6. The fourth-order valence-electron chi connectivity index (χ4n) is 2.75. The number of carboxylic acids is 1. The maximum Gasteiger partial charge on any atom is 0.335 e. The number of anilines is 1. The second-order valence-electron chi connectivity index (χ2n) is 6.40. The summed E-state index contributed by atoms with van der Waals surface area (Å²) in [5.41, 5.74) is 1.91. The molecule has 1 fully saturated rings. The first-order chi connectivity index (χ1) is 12.3. The zero-order chi connectivity index (χ0) is 18.5. The Morgan fingerprint density at radius 2 is 2.00 bits per heavy atom. The number of hydrogen-bond donors (Lipinski definition) is 2. The first-order valence-electron chi connectivity index (χ1n) is 8.11. The fraction of sp³-hybridized carbons (Fsp3) is 0.222. The Bertz CT molecular complexity index is 1130. The van der Waals surface area contributed by atoms with Gasteiger partial charge in [-0.1, -0.05) is 6.07 Å². The number of sulfonamides is 1. The van der Waals surface area contributed by atoms with Crippen LogP contribution in [0.5, 0.6) is 0 Å². The molecule has 0 unspecified atom stereocenters. The van der Waals surface area contributed by atoms with Gasteiger partial charge in [-0.2, -0.15) is 0 Å². The highest BCUT2D eigenvalue weighted by Gasteiger charge is 2.29. The molecule has 0 bridgehead atoms. The van der Waals surface area contributed by atoms with Crippen LogP contribution in [0.2, 0.25) is 0 Å². The third kappa shape index (κ3) is 3.03. The summed E-state index contributed by atoms with van der Waals surface area (Å²) in [5, 5.41) is 9.09. The molecule has 1 aliphatic rings. The smallest absolute Gasteiger partial charge is 0.335 e. The fourth-order valence-corrected chi connectivity index (χ4v) is 4.07. The summed E-state index contributed by atoms with van der Waals surface area (Å²) in [7, 11) is -3.94. The molecule has 26 heavy (non-hydrogen) atoms. The van der Waals surface area contributed by atoms with Crippen molar-refractivity contribution in [2.24, 2.45) is 0 Å². The summed E-state index contributed by atoms with van der Waals surface area (Å²) >= 11 is 0. The molecule has 0 saturated heterocycles. The molecule has 1 heterocycles. The number of aromatic nitrogens is 1. The highest BCUT2D eigenvalue weighted by molar-refractivity contribution is 7.92. The van der Waals surface area contributed by atoms with E-state index in [9.17, 15) is 13.2 Å². The van der Waals surface area contributed by atoms with E-state index in [1.165, 1.54) is 12.1 Å². The minimum Gasteiger partial charge on any atom is -0.478 e. The molecule has 1 saturated carbocycles. The van der Waals surface area contributed by atoms with E-state index in [1.54, 1.807) is 25.1 Å². The van der Waals surface area contributed by atoms with Gasteiger partial charge in [0.25, 0.3) is 10.0 Å². The van der Waals surface area contributed by atoms with Crippen molar-refractivity contribution in [1.82, 2.24) is 4.98 Å². The Hall–Kier alpha value is -2.87. The lowest BCUT2D eigenvalue weighted by atomic mass is 10.1. The minimum atomic E-state index is -3.94. The summed E-state index contributed by atoms with van der Waals surface area (Å²) in [6, 6.07) is 8.88. The van der Waals surface area contributed by atoms with E-state index in [4.69, 9.17) is 9.52 Å². The molecule has 1 aliphatic carbocycles. The summed E-state index contributed by atoms with van der Waals surface area (Å²) in [6.45, 7) is 1.61. The van der Waals surface area contributed by atoms with Crippen LogP contribution in [-0.2, 0) is 10.0 Å². The Morgan fingerprint density at radius 3 is 2.69 bits per heavy atom. The van der Waals surface area contributed by atoms with E-state index >= 15 is 0 Å². The Labute approximate surface area is 149 Å². The number of nitrogens with one attached hydrogen (secondary N) is 1. The van der Waals surface area contributed by atoms with Gasteiger partial charge in [0, 0.05) is 5.92 Å². The van der Waals surface area contributed by atoms with Crippen LogP contribution in [0.3, 0.4) is 0 Å². The van der Waals surface area contributed by atoms with Gasteiger partial charge in [-0.15, -0.1) is 0 Å². The van der Waals surface area contributed by atoms with Crippen LogP contribution < -0.4 is 4.72 Å². The molecule has 0 radical (unpaired) electrons. The van der Waals surface area contributed by atoms with Crippen molar-refractivity contribution >= 4 is 32.8 Å². The van der Waals surface area contributed by atoms with Gasteiger partial charge in [-0.3, -0.25) is 4.72 Å². The van der Waals surface area contributed by atoms with Crippen molar-refractivity contribution in [2.75, 3.05) is 4.72 Å². The van der Waals surface area contributed by atoms with Crippen molar-refractivity contribution in [3.8, 4) is 0 Å². The number of oxazole rings is 1. The molecule has 0 aliphatic heterocycles. The molecule has 2 aromatic carbocycles. The van der Waals surface area contributed by atoms with Gasteiger partial charge in [0.05, 0.1) is 16.1 Å². The van der Waals surface area contributed by atoms with Gasteiger partial charge in [0.15, 0.2) is 11.5 Å². The summed E-state index contributed by atoms with van der Waals surface area (Å²) in [4.78, 5) is 15.5. The van der Waals surface area contributed by atoms with Crippen LogP contribution in [0.15, 0.2) is 45.7 Å². The number of carbonyl (C=O) groups is 1. The Kier molecular flexibility index (Phi) is 3.73. The number of fused-ring (bicyclic) bond motifs is 1. The van der Waals surface area contributed by atoms with E-state index in [-0.39, 0.29) is 10.5 Å². The lowest BCUT2D eigenvalue weighted by Crippen LogP contribution is -2.15. The molecule has 0 spiro atoms. The number of nitrogens with zero attached hydrogens (tertiary/aromatic N) is 1.